The molecule has 0 fully saturated rings. The quantitative estimate of drug-likeness (QED) is 0.380. The number of rotatable bonds is 7. The van der Waals surface area contributed by atoms with Gasteiger partial charge in [0.25, 0.3) is 0 Å². The van der Waals surface area contributed by atoms with Gasteiger partial charge in [-0.3, -0.25) is 9.89 Å². The lowest BCUT2D eigenvalue weighted by molar-refractivity contribution is -0.139. The van der Waals surface area contributed by atoms with Gasteiger partial charge in [-0.15, -0.1) is 0 Å². The lowest BCUT2D eigenvalue weighted by Crippen LogP contribution is -2.16. The van der Waals surface area contributed by atoms with Gasteiger partial charge < -0.3 is 10.1 Å². The number of anilines is 1. The molecule has 0 unspecified atom stereocenters. The Bertz CT molecular complexity index is 1330. The summed E-state index contributed by atoms with van der Waals surface area (Å²) in [6, 6.07) is 4.94. The van der Waals surface area contributed by atoms with E-state index in [1.54, 1.807) is 18.5 Å². The van der Waals surface area contributed by atoms with Crippen molar-refractivity contribution < 1.29 is 27.1 Å². The van der Waals surface area contributed by atoms with E-state index in [0.717, 1.165) is 24.9 Å². The Labute approximate surface area is 196 Å². The van der Waals surface area contributed by atoms with E-state index in [-0.39, 0.29) is 17.7 Å². The third-order valence-corrected chi connectivity index (χ3v) is 4.97. The van der Waals surface area contributed by atoms with Crippen LogP contribution in [0.3, 0.4) is 0 Å². The number of aromatic amines is 1. The molecule has 0 saturated heterocycles. The number of benzene rings is 1. The molecule has 1 amide bonds. The monoisotopic (exact) mass is 486 g/mol. The molecule has 8 nitrogen and oxygen atoms in total. The fraction of sp³-hybridized carbons (Fsp3) is 0.174. The van der Waals surface area contributed by atoms with Crippen LogP contribution in [-0.4, -0.2) is 38.2 Å². The van der Waals surface area contributed by atoms with Crippen LogP contribution in [0.15, 0.2) is 55.2 Å². The largest absolute Gasteiger partial charge is 0.481 e. The Kier molecular flexibility index (Phi) is 6.71. The third-order valence-electron chi connectivity index (χ3n) is 4.97. The minimum Gasteiger partial charge on any atom is -0.481 e. The molecule has 0 spiro atoms. The van der Waals surface area contributed by atoms with E-state index in [1.807, 2.05) is 0 Å². The molecule has 0 aliphatic heterocycles. The van der Waals surface area contributed by atoms with Gasteiger partial charge in [0, 0.05) is 36.1 Å². The number of amides is 1. The van der Waals surface area contributed by atoms with Crippen molar-refractivity contribution in [2.24, 2.45) is 0 Å². The van der Waals surface area contributed by atoms with E-state index in [4.69, 9.17) is 0 Å². The molecule has 0 atom stereocenters. The summed E-state index contributed by atoms with van der Waals surface area (Å²) in [6.07, 6.45) is 2.94. The van der Waals surface area contributed by atoms with E-state index >= 15 is 0 Å². The van der Waals surface area contributed by atoms with Gasteiger partial charge in [-0.1, -0.05) is 12.1 Å². The molecule has 3 heterocycles. The molecule has 12 heteroatoms. The number of methoxy groups -OCH3 is 1. The fourth-order valence-corrected chi connectivity index (χ4v) is 3.32. The summed E-state index contributed by atoms with van der Waals surface area (Å²) in [7, 11) is 1.07. The molecule has 35 heavy (non-hydrogen) atoms. The average molecular weight is 486 g/mol. The molecule has 0 aliphatic carbocycles. The summed E-state index contributed by atoms with van der Waals surface area (Å²) in [5, 5.41) is 8.90. The third kappa shape index (κ3) is 5.78. The molecule has 0 saturated carbocycles. The Hall–Kier alpha value is -4.35. The van der Waals surface area contributed by atoms with Gasteiger partial charge in [-0.05, 0) is 23.3 Å². The number of nitrogens with zero attached hydrogens (tertiary/aromatic N) is 4. The maximum atomic E-state index is 14.7. The number of pyridine rings is 1. The first-order chi connectivity index (χ1) is 16.7. The first kappa shape index (κ1) is 23.8. The number of aromatic nitrogens is 5. The number of hydrogen-bond donors (Lipinski definition) is 2. The first-order valence-corrected chi connectivity index (χ1v) is 10.2. The number of ether oxygens (including phenoxy) is 1. The van der Waals surface area contributed by atoms with Crippen LogP contribution in [-0.2, 0) is 23.8 Å². The van der Waals surface area contributed by atoms with Gasteiger partial charge in [0.15, 0.2) is 0 Å². The van der Waals surface area contributed by atoms with E-state index in [1.165, 1.54) is 24.5 Å². The van der Waals surface area contributed by atoms with Crippen molar-refractivity contribution in [1.29, 1.82) is 0 Å². The zero-order valence-corrected chi connectivity index (χ0v) is 18.2. The van der Waals surface area contributed by atoms with Crippen molar-refractivity contribution >= 4 is 11.6 Å². The van der Waals surface area contributed by atoms with Crippen LogP contribution in [0.1, 0.15) is 22.5 Å². The zero-order valence-electron chi connectivity index (χ0n) is 18.2. The lowest BCUT2D eigenvalue weighted by atomic mass is 10.0. The highest BCUT2D eigenvalue weighted by atomic mass is 19.4. The second-order valence-corrected chi connectivity index (χ2v) is 7.49. The summed E-state index contributed by atoms with van der Waals surface area (Å²) >= 11 is 0. The van der Waals surface area contributed by atoms with Crippen LogP contribution in [0.25, 0.3) is 11.1 Å². The van der Waals surface area contributed by atoms with Crippen molar-refractivity contribution in [2.75, 3.05) is 12.4 Å². The number of carbonyl (C=O) groups is 1. The van der Waals surface area contributed by atoms with Crippen molar-refractivity contribution in [2.45, 2.75) is 19.0 Å². The molecule has 4 aromatic rings. The minimum absolute atomic E-state index is 0.159. The minimum atomic E-state index is -4.71. The smallest absolute Gasteiger partial charge is 0.421 e. The normalized spacial score (nSPS) is 11.3. The van der Waals surface area contributed by atoms with Gasteiger partial charge >= 0.3 is 6.18 Å². The standard InChI is InChI=1S/C23H18F4N6O2/c1-35-22-18(23(25,26)27)7-16(12-30-22)33-21(34)6-13-2-3-17(19(24)4-13)15-10-28-20(29-11-15)5-14-8-31-32-9-14/h2-4,7-12H,5-6H2,1H3,(H,31,32)(H,33,34). The SMILES string of the molecule is COc1ncc(NC(=O)Cc2ccc(-c3cnc(Cc4cn[nH]c4)nc3)c(F)c2)cc1C(F)(F)F. The number of halogens is 4. The van der Waals surface area contributed by atoms with Crippen LogP contribution in [0.2, 0.25) is 0 Å². The average Bonchev–Trinajstić information content (AvgIpc) is 3.32. The maximum Gasteiger partial charge on any atom is 0.421 e. The predicted molar refractivity (Wildman–Crippen MR) is 117 cm³/mol. The molecule has 0 radical (unpaired) electrons. The van der Waals surface area contributed by atoms with Crippen molar-refractivity contribution in [3.8, 4) is 17.0 Å². The summed E-state index contributed by atoms with van der Waals surface area (Å²) in [5.74, 6) is -1.28. The maximum absolute atomic E-state index is 14.7. The second-order valence-electron chi connectivity index (χ2n) is 7.49. The van der Waals surface area contributed by atoms with Gasteiger partial charge in [0.05, 0.1) is 31.6 Å². The van der Waals surface area contributed by atoms with Crippen LogP contribution in [0.5, 0.6) is 5.88 Å². The van der Waals surface area contributed by atoms with E-state index < -0.39 is 29.3 Å². The topological polar surface area (TPSA) is 106 Å². The Morgan fingerprint density at radius 1 is 1.06 bits per heavy atom. The Balaban J connectivity index is 1.43. The number of hydrogen-bond acceptors (Lipinski definition) is 6. The van der Waals surface area contributed by atoms with Gasteiger partial charge in [-0.2, -0.15) is 18.3 Å². The number of nitrogens with one attached hydrogen (secondary N) is 2. The number of carbonyl (C=O) groups excluding carboxylic acids is 1. The van der Waals surface area contributed by atoms with Crippen LogP contribution >= 0.6 is 0 Å². The fourth-order valence-electron chi connectivity index (χ4n) is 3.32. The van der Waals surface area contributed by atoms with Gasteiger partial charge in [0.1, 0.15) is 17.2 Å². The van der Waals surface area contributed by atoms with Crippen LogP contribution < -0.4 is 10.1 Å². The molecule has 0 aliphatic rings. The number of H-pyrrole nitrogens is 1. The summed E-state index contributed by atoms with van der Waals surface area (Å²) in [4.78, 5) is 24.4. The molecular formula is C23H18F4N6O2. The van der Waals surface area contributed by atoms with E-state index in [0.29, 0.717) is 23.4 Å². The summed E-state index contributed by atoms with van der Waals surface area (Å²) in [6.45, 7) is 0. The van der Waals surface area contributed by atoms with Gasteiger partial charge in [0.2, 0.25) is 11.8 Å². The van der Waals surface area contributed by atoms with Crippen molar-refractivity contribution in [3.05, 3.63) is 83.6 Å². The molecule has 0 bridgehead atoms. The molecule has 180 valence electrons. The lowest BCUT2D eigenvalue weighted by Gasteiger charge is -2.13. The summed E-state index contributed by atoms with van der Waals surface area (Å²) < 4.78 is 58.8. The molecule has 3 aromatic heterocycles. The van der Waals surface area contributed by atoms with Crippen molar-refractivity contribution in [3.63, 3.8) is 0 Å². The molecule has 1 aromatic carbocycles. The molecular weight excluding hydrogens is 468 g/mol. The van der Waals surface area contributed by atoms with E-state index in [9.17, 15) is 22.4 Å². The second kappa shape index (κ2) is 9.87. The van der Waals surface area contributed by atoms with Crippen molar-refractivity contribution in [1.82, 2.24) is 25.1 Å². The first-order valence-electron chi connectivity index (χ1n) is 10.2. The number of alkyl halides is 3. The van der Waals surface area contributed by atoms with Crippen LogP contribution in [0, 0.1) is 5.82 Å². The summed E-state index contributed by atoms with van der Waals surface area (Å²) in [5.41, 5.74) is 0.668. The highest BCUT2D eigenvalue weighted by Gasteiger charge is 2.35. The molecule has 4 rings (SSSR count). The Morgan fingerprint density at radius 2 is 1.83 bits per heavy atom. The van der Waals surface area contributed by atoms with Gasteiger partial charge in [-0.25, -0.2) is 19.3 Å². The predicted octanol–water partition coefficient (Wildman–Crippen LogP) is 4.20. The zero-order chi connectivity index (χ0) is 25.0. The van der Waals surface area contributed by atoms with Crippen LogP contribution in [0.4, 0.5) is 23.2 Å². The van der Waals surface area contributed by atoms with E-state index in [2.05, 4.69) is 35.2 Å². The Morgan fingerprint density at radius 3 is 2.46 bits per heavy atom. The molecule has 2 N–H and O–H groups in total. The highest BCUT2D eigenvalue weighted by Crippen LogP contribution is 2.36. The highest BCUT2D eigenvalue weighted by molar-refractivity contribution is 5.92.